The molecule has 5 rings (SSSR count). The first-order valence-electron chi connectivity index (χ1n) is 14.1. The summed E-state index contributed by atoms with van der Waals surface area (Å²) in [4.78, 5) is 13.7. The standard InChI is InChI=1S/C27H26F2N2S.C4H10.CH2O2.CH4O/c28-22-10-11-23-17-24(16-22)32-27(30-23)31-26-12-9-21(15-25(26)29)14-20-7-5-19(6-8-20)13-18-3-1-2-4-18;1-3-4-2;2-1-3;1-2/h5-12,15-16,18H,1-4,13-14,17H2,(H,30,31);3-4H2,1-2H3;1H,(H,2,3);2H,1H3. The molecule has 1 fully saturated rings. The van der Waals surface area contributed by atoms with Crippen LogP contribution < -0.4 is 5.32 Å². The van der Waals surface area contributed by atoms with Gasteiger partial charge in [-0.1, -0.05) is 94.5 Å². The summed E-state index contributed by atoms with van der Waals surface area (Å²) >= 11 is 1.34. The Hall–Kier alpha value is -3.23. The molecule has 8 heteroatoms. The number of carbonyl (C=O) groups is 1. The highest BCUT2D eigenvalue weighted by atomic mass is 32.2. The molecule has 1 aliphatic heterocycles. The van der Waals surface area contributed by atoms with Crippen molar-refractivity contribution in [3.8, 4) is 0 Å². The Kier molecular flexibility index (Phi) is 15.7. The van der Waals surface area contributed by atoms with Crippen LogP contribution in [0.5, 0.6) is 0 Å². The largest absolute Gasteiger partial charge is 0.483 e. The van der Waals surface area contributed by atoms with Gasteiger partial charge in [-0.2, -0.15) is 0 Å². The lowest BCUT2D eigenvalue weighted by Crippen LogP contribution is -2.13. The Morgan fingerprint density at radius 2 is 1.59 bits per heavy atom. The zero-order valence-corrected chi connectivity index (χ0v) is 25.0. The van der Waals surface area contributed by atoms with Crippen LogP contribution in [0.2, 0.25) is 0 Å². The first-order valence-corrected chi connectivity index (χ1v) is 14.9. The average molecular weight is 585 g/mol. The number of nitrogens with one attached hydrogen (secondary N) is 1. The lowest BCUT2D eigenvalue weighted by molar-refractivity contribution is -0.122. The number of aliphatic imine (C=N–C) groups is 1. The molecule has 2 aliphatic carbocycles. The van der Waals surface area contributed by atoms with E-state index in [0.29, 0.717) is 23.7 Å². The molecule has 0 radical (unpaired) electrons. The molecular formula is C33H42F2N2O3S. The van der Waals surface area contributed by atoms with E-state index < -0.39 is 0 Å². The van der Waals surface area contributed by atoms with Crippen molar-refractivity contribution < 1.29 is 23.8 Å². The van der Waals surface area contributed by atoms with E-state index in [0.717, 1.165) is 29.2 Å². The minimum absolute atomic E-state index is 0.250. The molecule has 2 aromatic rings. The van der Waals surface area contributed by atoms with Gasteiger partial charge in [-0.25, -0.2) is 13.8 Å². The molecule has 222 valence electrons. The summed E-state index contributed by atoms with van der Waals surface area (Å²) < 4.78 is 28.4. The number of unbranched alkanes of at least 4 members (excludes halogenated alkanes) is 1. The number of aliphatic hydroxyl groups excluding tert-OH is 1. The number of carboxylic acid groups (broad SMARTS) is 1. The molecule has 0 atom stereocenters. The number of amidine groups is 1. The number of hydrogen-bond acceptors (Lipinski definition) is 5. The first kappa shape index (κ1) is 34.0. The second-order valence-corrected chi connectivity index (χ2v) is 11.0. The number of nitrogens with zero attached hydrogens (tertiary/aromatic N) is 1. The van der Waals surface area contributed by atoms with Crippen LogP contribution >= 0.6 is 11.8 Å². The van der Waals surface area contributed by atoms with Crippen LogP contribution in [0.15, 0.2) is 82.1 Å². The maximum absolute atomic E-state index is 14.8. The lowest BCUT2D eigenvalue weighted by Gasteiger charge is -2.17. The quantitative estimate of drug-likeness (QED) is 0.296. The maximum atomic E-state index is 14.8. The molecule has 41 heavy (non-hydrogen) atoms. The van der Waals surface area contributed by atoms with Crippen LogP contribution in [-0.2, 0) is 17.6 Å². The van der Waals surface area contributed by atoms with Crippen molar-refractivity contribution in [1.29, 1.82) is 0 Å². The minimum Gasteiger partial charge on any atom is -0.483 e. The van der Waals surface area contributed by atoms with Gasteiger partial charge in [0.1, 0.15) is 11.6 Å². The smallest absolute Gasteiger partial charge is 0.290 e. The van der Waals surface area contributed by atoms with Crippen LogP contribution in [-0.4, -0.2) is 29.0 Å². The molecule has 0 saturated heterocycles. The van der Waals surface area contributed by atoms with Crippen LogP contribution in [0.3, 0.4) is 0 Å². The first-order chi connectivity index (χ1) is 19.9. The second kappa shape index (κ2) is 19.0. The number of allylic oxidation sites excluding steroid dienone is 5. The molecule has 0 spiro atoms. The Labute approximate surface area is 247 Å². The normalized spacial score (nSPS) is 15.6. The van der Waals surface area contributed by atoms with Crippen molar-refractivity contribution >= 4 is 29.1 Å². The highest BCUT2D eigenvalue weighted by Gasteiger charge is 2.19. The molecule has 1 heterocycles. The van der Waals surface area contributed by atoms with E-state index in [1.807, 2.05) is 6.07 Å². The number of fused-ring (bicyclic) bond motifs is 2. The Bertz CT molecular complexity index is 1220. The van der Waals surface area contributed by atoms with Gasteiger partial charge >= 0.3 is 0 Å². The summed E-state index contributed by atoms with van der Waals surface area (Å²) in [7, 11) is 1.00. The number of aliphatic hydroxyl groups is 1. The third kappa shape index (κ3) is 12.0. The van der Waals surface area contributed by atoms with Gasteiger partial charge in [0.05, 0.1) is 5.69 Å². The molecule has 3 N–H and O–H groups in total. The van der Waals surface area contributed by atoms with Gasteiger partial charge in [0.2, 0.25) is 0 Å². The maximum Gasteiger partial charge on any atom is 0.290 e. The third-order valence-corrected chi connectivity index (χ3v) is 7.68. The highest BCUT2D eigenvalue weighted by molar-refractivity contribution is 8.17. The van der Waals surface area contributed by atoms with Crippen molar-refractivity contribution in [2.24, 2.45) is 10.9 Å². The van der Waals surface area contributed by atoms with Crippen molar-refractivity contribution in [2.45, 2.75) is 71.6 Å². The topological polar surface area (TPSA) is 81.9 Å². The predicted octanol–water partition coefficient (Wildman–Crippen LogP) is 8.80. The SMILES string of the molecule is CCCC.CO.FC1=CC=C2CC(=C1)SC(Nc1ccc(Cc3ccc(CC4CCCC4)cc3)cc1F)=N2.O=CO. The summed E-state index contributed by atoms with van der Waals surface area (Å²) in [6, 6.07) is 14.0. The molecule has 2 bridgehead atoms. The van der Waals surface area contributed by atoms with Crippen LogP contribution in [0, 0.1) is 11.7 Å². The fourth-order valence-electron chi connectivity index (χ4n) is 4.60. The summed E-state index contributed by atoms with van der Waals surface area (Å²) in [5.41, 5.74) is 4.65. The number of anilines is 1. The molecule has 5 nitrogen and oxygen atoms in total. The number of thioether (sulfide) groups is 1. The van der Waals surface area contributed by atoms with Gasteiger partial charge in [0.25, 0.3) is 6.47 Å². The number of benzene rings is 2. The Morgan fingerprint density at radius 1 is 0.976 bits per heavy atom. The number of halogens is 2. The zero-order valence-electron chi connectivity index (χ0n) is 24.2. The summed E-state index contributed by atoms with van der Waals surface area (Å²) in [5, 5.41) is 17.5. The van der Waals surface area contributed by atoms with E-state index in [4.69, 9.17) is 15.0 Å². The minimum atomic E-state index is -0.315. The number of hydrogen-bond donors (Lipinski definition) is 3. The van der Waals surface area contributed by atoms with Crippen LogP contribution in [0.1, 0.15) is 75.5 Å². The Balaban J connectivity index is 0.000000582. The second-order valence-electron chi connectivity index (χ2n) is 9.91. The highest BCUT2D eigenvalue weighted by Crippen LogP contribution is 2.35. The van der Waals surface area contributed by atoms with E-state index in [2.05, 4.69) is 48.4 Å². The number of rotatable bonds is 6. The van der Waals surface area contributed by atoms with E-state index >= 15 is 0 Å². The molecule has 1 saturated carbocycles. The van der Waals surface area contributed by atoms with Gasteiger partial charge in [-0.05, 0) is 65.8 Å². The molecule has 2 aromatic carbocycles. The summed E-state index contributed by atoms with van der Waals surface area (Å²) in [6.07, 6.45) is 15.1. The van der Waals surface area contributed by atoms with E-state index in [-0.39, 0.29) is 18.1 Å². The molecule has 3 aliphatic rings. The van der Waals surface area contributed by atoms with Crippen LogP contribution in [0.4, 0.5) is 14.5 Å². The Morgan fingerprint density at radius 3 is 2.20 bits per heavy atom. The summed E-state index contributed by atoms with van der Waals surface area (Å²) in [5.74, 6) is 0.235. The van der Waals surface area contributed by atoms with E-state index in [1.54, 1.807) is 18.2 Å². The molecule has 0 unspecified atom stereocenters. The van der Waals surface area contributed by atoms with Gasteiger partial charge in [-0.15, -0.1) is 0 Å². The summed E-state index contributed by atoms with van der Waals surface area (Å²) in [6.45, 7) is 4.11. The fraction of sp³-hybridized carbons (Fsp3) is 0.394. The van der Waals surface area contributed by atoms with Gasteiger partial charge in [0.15, 0.2) is 5.17 Å². The van der Waals surface area contributed by atoms with Crippen molar-refractivity contribution in [1.82, 2.24) is 0 Å². The fourth-order valence-corrected chi connectivity index (χ4v) is 5.57. The lowest BCUT2D eigenvalue weighted by atomic mass is 9.96. The third-order valence-electron chi connectivity index (χ3n) is 6.77. The monoisotopic (exact) mass is 584 g/mol. The molecule has 0 amide bonds. The van der Waals surface area contributed by atoms with Crippen molar-refractivity contribution in [3.05, 3.63) is 99.6 Å². The average Bonchev–Trinajstić information content (AvgIpc) is 3.45. The van der Waals surface area contributed by atoms with Gasteiger partial charge < -0.3 is 15.5 Å². The van der Waals surface area contributed by atoms with Gasteiger partial charge in [-0.3, -0.25) is 4.79 Å². The van der Waals surface area contributed by atoms with E-state index in [1.165, 1.54) is 80.0 Å². The predicted molar refractivity (Wildman–Crippen MR) is 167 cm³/mol. The van der Waals surface area contributed by atoms with Crippen molar-refractivity contribution in [2.75, 3.05) is 12.4 Å². The van der Waals surface area contributed by atoms with E-state index in [9.17, 15) is 8.78 Å². The molecular weight excluding hydrogens is 542 g/mol. The van der Waals surface area contributed by atoms with Crippen LogP contribution in [0.25, 0.3) is 0 Å². The van der Waals surface area contributed by atoms with Crippen molar-refractivity contribution in [3.63, 3.8) is 0 Å². The zero-order chi connectivity index (χ0) is 30.0. The van der Waals surface area contributed by atoms with Gasteiger partial charge in [0, 0.05) is 24.1 Å². The molecule has 0 aromatic heterocycles.